The summed E-state index contributed by atoms with van der Waals surface area (Å²) in [6, 6.07) is 5.61. The van der Waals surface area contributed by atoms with Gasteiger partial charge in [0.25, 0.3) is 0 Å². The molecule has 1 aliphatic carbocycles. The van der Waals surface area contributed by atoms with Crippen molar-refractivity contribution in [2.75, 3.05) is 0 Å². The lowest BCUT2D eigenvalue weighted by Gasteiger charge is -2.09. The zero-order valence-electron chi connectivity index (χ0n) is 13.0. The molecule has 0 aliphatic heterocycles. The average Bonchev–Trinajstić information content (AvgIpc) is 3.10. The van der Waals surface area contributed by atoms with Crippen LogP contribution in [0.2, 0.25) is 0 Å². The van der Waals surface area contributed by atoms with Gasteiger partial charge in [-0.1, -0.05) is 11.3 Å². The quantitative estimate of drug-likeness (QED) is 0.709. The van der Waals surface area contributed by atoms with E-state index in [0.29, 0.717) is 23.8 Å². The third-order valence-corrected chi connectivity index (χ3v) is 3.88. The molecule has 2 aromatic heterocycles. The van der Waals surface area contributed by atoms with Gasteiger partial charge >= 0.3 is 6.36 Å². The molecule has 6 nitrogen and oxygen atoms in total. The SMILES string of the molecule is FC(F)(F)Oc1cccc(-n2cc(Cn3ccnc3C3CC3)nn2)c1. The predicted molar refractivity (Wildman–Crippen MR) is 81.3 cm³/mol. The van der Waals surface area contributed by atoms with E-state index in [2.05, 4.69) is 20.0 Å². The van der Waals surface area contributed by atoms with Gasteiger partial charge in [0.05, 0.1) is 18.4 Å². The van der Waals surface area contributed by atoms with Crippen LogP contribution >= 0.6 is 0 Å². The topological polar surface area (TPSA) is 57.8 Å². The van der Waals surface area contributed by atoms with Gasteiger partial charge in [0, 0.05) is 24.4 Å². The molecule has 0 amide bonds. The van der Waals surface area contributed by atoms with Crippen molar-refractivity contribution in [3.63, 3.8) is 0 Å². The Kier molecular flexibility index (Phi) is 3.70. The summed E-state index contributed by atoms with van der Waals surface area (Å²) in [5.74, 6) is 1.25. The molecule has 1 aromatic carbocycles. The maximum Gasteiger partial charge on any atom is 0.573 e. The Morgan fingerprint density at radius 2 is 2.08 bits per heavy atom. The lowest BCUT2D eigenvalue weighted by molar-refractivity contribution is -0.274. The average molecular weight is 349 g/mol. The zero-order valence-corrected chi connectivity index (χ0v) is 13.0. The lowest BCUT2D eigenvalue weighted by Crippen LogP contribution is -2.17. The van der Waals surface area contributed by atoms with Crippen LogP contribution in [0.5, 0.6) is 5.75 Å². The van der Waals surface area contributed by atoms with E-state index in [4.69, 9.17) is 0 Å². The van der Waals surface area contributed by atoms with Gasteiger partial charge < -0.3 is 9.30 Å². The van der Waals surface area contributed by atoms with Gasteiger partial charge in [0.1, 0.15) is 17.3 Å². The van der Waals surface area contributed by atoms with Gasteiger partial charge in [-0.05, 0) is 25.0 Å². The second-order valence-corrected chi connectivity index (χ2v) is 5.89. The molecule has 0 unspecified atom stereocenters. The molecule has 9 heteroatoms. The van der Waals surface area contributed by atoms with Gasteiger partial charge in [-0.15, -0.1) is 18.3 Å². The fourth-order valence-electron chi connectivity index (χ4n) is 2.65. The Hall–Kier alpha value is -2.84. The number of halogens is 3. The van der Waals surface area contributed by atoms with Crippen LogP contribution in [-0.4, -0.2) is 30.9 Å². The first-order valence-corrected chi connectivity index (χ1v) is 7.76. The highest BCUT2D eigenvalue weighted by molar-refractivity contribution is 5.38. The highest BCUT2D eigenvalue weighted by atomic mass is 19.4. The number of nitrogens with zero attached hydrogens (tertiary/aromatic N) is 5. The number of hydrogen-bond donors (Lipinski definition) is 0. The highest BCUT2D eigenvalue weighted by Crippen LogP contribution is 2.39. The molecule has 1 saturated carbocycles. The molecule has 0 bridgehead atoms. The van der Waals surface area contributed by atoms with E-state index >= 15 is 0 Å². The molecule has 0 radical (unpaired) electrons. The van der Waals surface area contributed by atoms with Crippen molar-refractivity contribution in [3.8, 4) is 11.4 Å². The van der Waals surface area contributed by atoms with Crippen molar-refractivity contribution in [3.05, 3.63) is 54.4 Å². The van der Waals surface area contributed by atoms with E-state index in [9.17, 15) is 13.2 Å². The van der Waals surface area contributed by atoms with Crippen LogP contribution in [0.1, 0.15) is 30.3 Å². The first kappa shape index (κ1) is 15.7. The van der Waals surface area contributed by atoms with Gasteiger partial charge in [-0.2, -0.15) is 0 Å². The summed E-state index contributed by atoms with van der Waals surface area (Å²) in [5.41, 5.74) is 1.13. The molecule has 0 N–H and O–H groups in total. The van der Waals surface area contributed by atoms with Crippen LogP contribution in [-0.2, 0) is 6.54 Å². The van der Waals surface area contributed by atoms with Crippen LogP contribution in [0.4, 0.5) is 13.2 Å². The maximum atomic E-state index is 12.3. The van der Waals surface area contributed by atoms with Crippen molar-refractivity contribution >= 4 is 0 Å². The van der Waals surface area contributed by atoms with Crippen LogP contribution in [0.25, 0.3) is 5.69 Å². The monoisotopic (exact) mass is 349 g/mol. The molecule has 0 spiro atoms. The summed E-state index contributed by atoms with van der Waals surface area (Å²) < 4.78 is 44.4. The molecule has 1 fully saturated rings. The fraction of sp³-hybridized carbons (Fsp3) is 0.312. The molecule has 1 aliphatic rings. The summed E-state index contributed by atoms with van der Waals surface area (Å²) in [4.78, 5) is 4.37. The second-order valence-electron chi connectivity index (χ2n) is 5.89. The minimum Gasteiger partial charge on any atom is -0.406 e. The molecular formula is C16H14F3N5O. The van der Waals surface area contributed by atoms with Crippen LogP contribution < -0.4 is 4.74 Å². The maximum absolute atomic E-state index is 12.3. The Morgan fingerprint density at radius 1 is 1.24 bits per heavy atom. The van der Waals surface area contributed by atoms with E-state index < -0.39 is 6.36 Å². The summed E-state index contributed by atoms with van der Waals surface area (Å²) >= 11 is 0. The Morgan fingerprint density at radius 3 is 2.84 bits per heavy atom. The molecule has 4 rings (SSSR count). The largest absolute Gasteiger partial charge is 0.573 e. The number of imidazole rings is 1. The van der Waals surface area contributed by atoms with Crippen molar-refractivity contribution in [2.24, 2.45) is 0 Å². The van der Waals surface area contributed by atoms with Crippen LogP contribution in [0, 0.1) is 0 Å². The number of alkyl halides is 3. The Bertz CT molecular complexity index is 882. The van der Waals surface area contributed by atoms with Crippen molar-refractivity contribution in [1.29, 1.82) is 0 Å². The summed E-state index contributed by atoms with van der Waals surface area (Å²) in [5, 5.41) is 8.08. The fourth-order valence-corrected chi connectivity index (χ4v) is 2.65. The number of rotatable bonds is 5. The number of ether oxygens (including phenoxy) is 1. The van der Waals surface area contributed by atoms with Crippen molar-refractivity contribution < 1.29 is 17.9 Å². The van der Waals surface area contributed by atoms with Crippen molar-refractivity contribution in [2.45, 2.75) is 31.7 Å². The van der Waals surface area contributed by atoms with E-state index in [-0.39, 0.29) is 5.75 Å². The molecule has 130 valence electrons. The third-order valence-electron chi connectivity index (χ3n) is 3.88. The lowest BCUT2D eigenvalue weighted by atomic mass is 10.3. The van der Waals surface area contributed by atoms with Gasteiger partial charge in [-0.25, -0.2) is 9.67 Å². The van der Waals surface area contributed by atoms with Crippen LogP contribution in [0.3, 0.4) is 0 Å². The minimum atomic E-state index is -4.73. The van der Waals surface area contributed by atoms with E-state index in [1.165, 1.54) is 22.9 Å². The highest BCUT2D eigenvalue weighted by Gasteiger charge is 2.31. The molecule has 25 heavy (non-hydrogen) atoms. The summed E-state index contributed by atoms with van der Waals surface area (Å²) in [6.45, 7) is 0.518. The number of aromatic nitrogens is 5. The van der Waals surface area contributed by atoms with Gasteiger partial charge in [0.2, 0.25) is 0 Å². The van der Waals surface area contributed by atoms with E-state index in [1.807, 2.05) is 10.8 Å². The van der Waals surface area contributed by atoms with Gasteiger partial charge in [-0.3, -0.25) is 0 Å². The molecule has 0 saturated heterocycles. The first-order chi connectivity index (χ1) is 12.0. The second kappa shape index (κ2) is 5.91. The summed E-state index contributed by atoms with van der Waals surface area (Å²) in [6.07, 6.45) is 2.90. The van der Waals surface area contributed by atoms with Crippen molar-refractivity contribution in [1.82, 2.24) is 24.5 Å². The van der Waals surface area contributed by atoms with Crippen LogP contribution in [0.15, 0.2) is 42.9 Å². The van der Waals surface area contributed by atoms with E-state index in [0.717, 1.165) is 18.7 Å². The van der Waals surface area contributed by atoms with E-state index in [1.54, 1.807) is 18.5 Å². The third kappa shape index (κ3) is 3.65. The Balaban J connectivity index is 1.53. The standard InChI is InChI=1S/C16H14F3N5O/c17-16(18,19)25-14-3-1-2-13(8-14)24-10-12(21-22-24)9-23-7-6-20-15(23)11-4-5-11/h1-3,6-8,10-11H,4-5,9H2. The van der Waals surface area contributed by atoms with Gasteiger partial charge in [0.15, 0.2) is 0 Å². The Labute approximate surface area is 140 Å². The number of hydrogen-bond acceptors (Lipinski definition) is 4. The number of benzene rings is 1. The smallest absolute Gasteiger partial charge is 0.406 e. The zero-order chi connectivity index (χ0) is 17.4. The molecule has 0 atom stereocenters. The first-order valence-electron chi connectivity index (χ1n) is 7.76. The normalized spacial score (nSPS) is 14.7. The molecule has 2 heterocycles. The minimum absolute atomic E-state index is 0.298. The summed E-state index contributed by atoms with van der Waals surface area (Å²) in [7, 11) is 0. The molecular weight excluding hydrogens is 335 g/mol. The molecule has 3 aromatic rings. The predicted octanol–water partition coefficient (Wildman–Crippen LogP) is 3.29.